The van der Waals surface area contributed by atoms with Gasteiger partial charge in [-0.1, -0.05) is 18.2 Å². The predicted octanol–water partition coefficient (Wildman–Crippen LogP) is 2.30. The maximum Gasteiger partial charge on any atom is 0.239 e. The maximum absolute atomic E-state index is 11.9. The summed E-state index contributed by atoms with van der Waals surface area (Å²) in [4.78, 5) is 11.9. The zero-order chi connectivity index (χ0) is 17.3. The number of aromatic nitrogens is 1. The Hall–Kier alpha value is -2.38. The van der Waals surface area contributed by atoms with Crippen molar-refractivity contribution in [3.63, 3.8) is 0 Å². The SMILES string of the molecule is CCn1c2ccccc2c2cc(NC(=O)CNS(C)(=O)=O)ccc21. The molecule has 24 heavy (non-hydrogen) atoms. The molecule has 0 spiro atoms. The van der Waals surface area contributed by atoms with Crippen molar-refractivity contribution in [3.8, 4) is 0 Å². The van der Waals surface area contributed by atoms with Crippen molar-refractivity contribution in [2.75, 3.05) is 18.1 Å². The van der Waals surface area contributed by atoms with Crippen LogP contribution in [0.25, 0.3) is 21.8 Å². The normalized spacial score (nSPS) is 11.9. The number of hydrogen-bond donors (Lipinski definition) is 2. The highest BCUT2D eigenvalue weighted by molar-refractivity contribution is 7.88. The maximum atomic E-state index is 11.9. The van der Waals surface area contributed by atoms with E-state index >= 15 is 0 Å². The Morgan fingerprint density at radius 2 is 1.79 bits per heavy atom. The molecule has 7 heteroatoms. The molecule has 0 bridgehead atoms. The van der Waals surface area contributed by atoms with E-state index in [2.05, 4.69) is 33.7 Å². The molecule has 3 aromatic rings. The largest absolute Gasteiger partial charge is 0.341 e. The first-order valence-corrected chi connectivity index (χ1v) is 9.53. The van der Waals surface area contributed by atoms with E-state index in [1.165, 1.54) is 0 Å². The summed E-state index contributed by atoms with van der Waals surface area (Å²) in [6, 6.07) is 13.8. The summed E-state index contributed by atoms with van der Waals surface area (Å²) in [5.41, 5.74) is 2.89. The third-order valence-electron chi connectivity index (χ3n) is 3.87. The molecule has 2 aromatic carbocycles. The number of para-hydroxylation sites is 1. The molecule has 0 unspecified atom stereocenters. The van der Waals surface area contributed by atoms with Gasteiger partial charge in [-0.25, -0.2) is 13.1 Å². The summed E-state index contributed by atoms with van der Waals surface area (Å²) in [5, 5.41) is 4.90. The lowest BCUT2D eigenvalue weighted by molar-refractivity contribution is -0.115. The average molecular weight is 345 g/mol. The Morgan fingerprint density at radius 1 is 1.08 bits per heavy atom. The summed E-state index contributed by atoms with van der Waals surface area (Å²) in [5.74, 6) is -0.404. The minimum Gasteiger partial charge on any atom is -0.341 e. The topological polar surface area (TPSA) is 80.2 Å². The summed E-state index contributed by atoms with van der Waals surface area (Å²) < 4.78 is 26.5. The van der Waals surface area contributed by atoms with Crippen LogP contribution in [-0.4, -0.2) is 31.7 Å². The van der Waals surface area contributed by atoms with Crippen LogP contribution in [0.1, 0.15) is 6.92 Å². The molecule has 1 aromatic heterocycles. The molecule has 1 heterocycles. The van der Waals surface area contributed by atoms with Gasteiger partial charge in [0.15, 0.2) is 0 Å². The van der Waals surface area contributed by atoms with Crippen LogP contribution in [0.15, 0.2) is 42.5 Å². The highest BCUT2D eigenvalue weighted by atomic mass is 32.2. The summed E-state index contributed by atoms with van der Waals surface area (Å²) in [7, 11) is -3.39. The molecule has 0 atom stereocenters. The molecule has 6 nitrogen and oxygen atoms in total. The smallest absolute Gasteiger partial charge is 0.239 e. The Kier molecular flexibility index (Phi) is 4.29. The van der Waals surface area contributed by atoms with Crippen molar-refractivity contribution in [2.24, 2.45) is 0 Å². The van der Waals surface area contributed by atoms with Crippen LogP contribution in [0.5, 0.6) is 0 Å². The highest BCUT2D eigenvalue weighted by Crippen LogP contribution is 2.30. The zero-order valence-electron chi connectivity index (χ0n) is 13.5. The van der Waals surface area contributed by atoms with Crippen molar-refractivity contribution in [1.82, 2.24) is 9.29 Å². The second kappa shape index (κ2) is 6.26. The molecule has 2 N–H and O–H groups in total. The molecule has 0 aliphatic carbocycles. The van der Waals surface area contributed by atoms with Gasteiger partial charge in [-0.2, -0.15) is 0 Å². The molecule has 0 saturated carbocycles. The lowest BCUT2D eigenvalue weighted by Gasteiger charge is -2.07. The first-order valence-electron chi connectivity index (χ1n) is 7.64. The zero-order valence-corrected chi connectivity index (χ0v) is 14.4. The van der Waals surface area contributed by atoms with Crippen molar-refractivity contribution >= 4 is 43.4 Å². The number of amides is 1. The Balaban J connectivity index is 1.94. The van der Waals surface area contributed by atoms with Crippen molar-refractivity contribution in [3.05, 3.63) is 42.5 Å². The number of anilines is 1. The number of nitrogens with one attached hydrogen (secondary N) is 2. The van der Waals surface area contributed by atoms with Crippen molar-refractivity contribution in [1.29, 1.82) is 0 Å². The van der Waals surface area contributed by atoms with Crippen LogP contribution >= 0.6 is 0 Å². The number of aryl methyl sites for hydroxylation is 1. The van der Waals surface area contributed by atoms with Gasteiger partial charge in [0.25, 0.3) is 0 Å². The molecule has 0 aliphatic heterocycles. The summed E-state index contributed by atoms with van der Waals surface area (Å²) >= 11 is 0. The standard InChI is InChI=1S/C17H19N3O3S/c1-3-20-15-7-5-4-6-13(15)14-10-12(8-9-16(14)20)19-17(21)11-18-24(2,22)23/h4-10,18H,3,11H2,1-2H3,(H,19,21). The molecule has 0 saturated heterocycles. The number of rotatable bonds is 5. The number of sulfonamides is 1. The highest BCUT2D eigenvalue weighted by Gasteiger charge is 2.11. The van der Waals surface area contributed by atoms with E-state index < -0.39 is 15.9 Å². The lowest BCUT2D eigenvalue weighted by Crippen LogP contribution is -2.32. The van der Waals surface area contributed by atoms with E-state index in [1.54, 1.807) is 0 Å². The number of benzene rings is 2. The number of hydrogen-bond acceptors (Lipinski definition) is 3. The first-order chi connectivity index (χ1) is 11.4. The molecule has 126 valence electrons. The fourth-order valence-electron chi connectivity index (χ4n) is 2.87. The van der Waals surface area contributed by atoms with E-state index in [0.29, 0.717) is 5.69 Å². The Labute approximate surface area is 140 Å². The number of carbonyl (C=O) groups excluding carboxylic acids is 1. The van der Waals surface area contributed by atoms with Gasteiger partial charge < -0.3 is 9.88 Å². The number of nitrogens with zero attached hydrogens (tertiary/aromatic N) is 1. The van der Waals surface area contributed by atoms with Crippen LogP contribution in [0.4, 0.5) is 5.69 Å². The summed E-state index contributed by atoms with van der Waals surface area (Å²) in [6.45, 7) is 2.67. The van der Waals surface area contributed by atoms with E-state index in [9.17, 15) is 13.2 Å². The molecule has 0 fully saturated rings. The minimum absolute atomic E-state index is 0.284. The average Bonchev–Trinajstić information content (AvgIpc) is 2.85. The Morgan fingerprint density at radius 3 is 2.50 bits per heavy atom. The second-order valence-electron chi connectivity index (χ2n) is 5.63. The van der Waals surface area contributed by atoms with E-state index in [0.717, 1.165) is 34.6 Å². The van der Waals surface area contributed by atoms with Crippen LogP contribution in [0.3, 0.4) is 0 Å². The molecule has 0 aliphatic rings. The van der Waals surface area contributed by atoms with Crippen molar-refractivity contribution in [2.45, 2.75) is 13.5 Å². The van der Waals surface area contributed by atoms with Gasteiger partial charge in [0.1, 0.15) is 0 Å². The van der Waals surface area contributed by atoms with E-state index in [-0.39, 0.29) is 6.54 Å². The van der Waals surface area contributed by atoms with Gasteiger partial charge in [0.05, 0.1) is 12.8 Å². The third-order valence-corrected chi connectivity index (χ3v) is 4.54. The van der Waals surface area contributed by atoms with Crippen molar-refractivity contribution < 1.29 is 13.2 Å². The van der Waals surface area contributed by atoms with Crippen LogP contribution < -0.4 is 10.0 Å². The van der Waals surface area contributed by atoms with Crippen LogP contribution in [0.2, 0.25) is 0 Å². The van der Waals surface area contributed by atoms with Gasteiger partial charge in [0, 0.05) is 34.0 Å². The monoisotopic (exact) mass is 345 g/mol. The quantitative estimate of drug-likeness (QED) is 0.744. The number of carbonyl (C=O) groups is 1. The predicted molar refractivity (Wildman–Crippen MR) is 96.6 cm³/mol. The molecular formula is C17H19N3O3S. The van der Waals surface area contributed by atoms with E-state index in [1.807, 2.05) is 30.3 Å². The molecule has 0 radical (unpaired) electrons. The van der Waals surface area contributed by atoms with Crippen LogP contribution in [0, 0.1) is 0 Å². The molecule has 1 amide bonds. The third kappa shape index (κ3) is 3.27. The Bertz CT molecular complexity index is 1020. The molecule has 3 rings (SSSR count). The van der Waals surface area contributed by atoms with Gasteiger partial charge in [0.2, 0.25) is 15.9 Å². The van der Waals surface area contributed by atoms with Gasteiger partial charge in [-0.15, -0.1) is 0 Å². The summed E-state index contributed by atoms with van der Waals surface area (Å²) in [6.07, 6.45) is 1.02. The first kappa shape index (κ1) is 16.5. The van der Waals surface area contributed by atoms with Gasteiger partial charge >= 0.3 is 0 Å². The second-order valence-corrected chi connectivity index (χ2v) is 7.47. The number of fused-ring (bicyclic) bond motifs is 3. The minimum atomic E-state index is -3.39. The van der Waals surface area contributed by atoms with Crippen LogP contribution in [-0.2, 0) is 21.4 Å². The fraction of sp³-hybridized carbons (Fsp3) is 0.235. The fourth-order valence-corrected chi connectivity index (χ4v) is 3.27. The van der Waals surface area contributed by atoms with E-state index in [4.69, 9.17) is 0 Å². The lowest BCUT2D eigenvalue weighted by atomic mass is 10.1. The van der Waals surface area contributed by atoms with Gasteiger partial charge in [-0.3, -0.25) is 4.79 Å². The molecular weight excluding hydrogens is 326 g/mol. The van der Waals surface area contributed by atoms with Gasteiger partial charge in [-0.05, 0) is 31.2 Å².